The van der Waals surface area contributed by atoms with Crippen LogP contribution in [0.15, 0.2) is 166 Å². The average Bonchev–Trinajstić information content (AvgIpc) is 3.69. The van der Waals surface area contributed by atoms with E-state index in [9.17, 15) is 0 Å². The van der Waals surface area contributed by atoms with Crippen LogP contribution in [-0.2, 0) is 0 Å². The van der Waals surface area contributed by atoms with Crippen LogP contribution in [0.1, 0.15) is 22.9 Å². The Kier molecular flexibility index (Phi) is 5.60. The van der Waals surface area contributed by atoms with Crippen molar-refractivity contribution in [1.82, 2.24) is 5.32 Å². The van der Waals surface area contributed by atoms with Gasteiger partial charge in [-0.3, -0.25) is 0 Å². The molecule has 0 amide bonds. The van der Waals surface area contributed by atoms with Crippen LogP contribution < -0.4 is 5.32 Å². The highest BCUT2D eigenvalue weighted by Gasteiger charge is 2.26. The highest BCUT2D eigenvalue weighted by Crippen LogP contribution is 2.50. The molecule has 10 rings (SSSR count). The quantitative estimate of drug-likeness (QED) is 0.218. The molecule has 8 aromatic rings. The molecule has 220 valence electrons. The van der Waals surface area contributed by atoms with E-state index >= 15 is 0 Å². The minimum Gasteiger partial charge on any atom is -0.456 e. The Morgan fingerprint density at radius 3 is 1.74 bits per heavy atom. The molecule has 0 saturated heterocycles. The Morgan fingerprint density at radius 2 is 1.00 bits per heavy atom. The third-order valence-corrected chi connectivity index (χ3v) is 9.51. The van der Waals surface area contributed by atoms with Crippen molar-refractivity contribution < 1.29 is 4.42 Å². The summed E-state index contributed by atoms with van der Waals surface area (Å²) in [5.41, 5.74) is 12.2. The molecule has 1 aromatic heterocycles. The predicted octanol–water partition coefficient (Wildman–Crippen LogP) is 10.5. The molecule has 0 spiro atoms. The molecule has 1 atom stereocenters. The summed E-state index contributed by atoms with van der Waals surface area (Å²) < 4.78 is 6.58. The number of fused-ring (bicyclic) bond motifs is 6. The summed E-state index contributed by atoms with van der Waals surface area (Å²) in [6.45, 7) is 0. The summed E-state index contributed by atoms with van der Waals surface area (Å²) in [5.74, 6) is 1.47. The van der Waals surface area contributed by atoms with Crippen molar-refractivity contribution in [2.45, 2.75) is 6.17 Å². The van der Waals surface area contributed by atoms with E-state index in [2.05, 4.69) is 115 Å². The molecule has 2 aliphatic rings. The van der Waals surface area contributed by atoms with Gasteiger partial charge in [-0.25, -0.2) is 9.98 Å². The first-order valence-corrected chi connectivity index (χ1v) is 16.0. The van der Waals surface area contributed by atoms with Crippen LogP contribution in [0.3, 0.4) is 0 Å². The highest BCUT2D eigenvalue weighted by molar-refractivity contribution is 6.26. The van der Waals surface area contributed by atoms with Crippen LogP contribution in [0.2, 0.25) is 0 Å². The highest BCUT2D eigenvalue weighted by atomic mass is 16.3. The molecule has 1 aliphatic carbocycles. The van der Waals surface area contributed by atoms with Crippen molar-refractivity contribution in [3.05, 3.63) is 168 Å². The van der Waals surface area contributed by atoms with Crippen molar-refractivity contribution in [1.29, 1.82) is 0 Å². The Hall–Kier alpha value is -6.26. The number of nitrogens with zero attached hydrogens (tertiary/aromatic N) is 2. The van der Waals surface area contributed by atoms with E-state index < -0.39 is 0 Å². The number of rotatable bonds is 4. The molecule has 0 bridgehead atoms. The number of furan rings is 1. The summed E-state index contributed by atoms with van der Waals surface area (Å²) >= 11 is 0. The molecule has 0 fully saturated rings. The van der Waals surface area contributed by atoms with Gasteiger partial charge < -0.3 is 9.73 Å². The van der Waals surface area contributed by atoms with E-state index in [1.807, 2.05) is 42.5 Å². The van der Waals surface area contributed by atoms with Crippen LogP contribution in [0.5, 0.6) is 0 Å². The molecule has 0 radical (unpaired) electrons. The van der Waals surface area contributed by atoms with Crippen LogP contribution in [0.4, 0.5) is 0 Å². The molecular formula is C43H27N3O. The molecule has 2 heterocycles. The van der Waals surface area contributed by atoms with Gasteiger partial charge in [0.2, 0.25) is 0 Å². The predicted molar refractivity (Wildman–Crippen MR) is 193 cm³/mol. The van der Waals surface area contributed by atoms with Gasteiger partial charge >= 0.3 is 0 Å². The van der Waals surface area contributed by atoms with Crippen LogP contribution in [0.25, 0.3) is 66.1 Å². The number of benzene rings is 7. The molecule has 0 saturated carbocycles. The lowest BCUT2D eigenvalue weighted by Crippen LogP contribution is -2.33. The molecular weight excluding hydrogens is 574 g/mol. The fraction of sp³-hybridized carbons (Fsp3) is 0.0233. The normalized spacial score (nSPS) is 15.0. The third-order valence-electron chi connectivity index (χ3n) is 9.51. The van der Waals surface area contributed by atoms with Gasteiger partial charge in [0, 0.05) is 21.9 Å². The fourth-order valence-corrected chi connectivity index (χ4v) is 7.44. The molecule has 1 unspecified atom stereocenters. The van der Waals surface area contributed by atoms with Crippen molar-refractivity contribution in [3.8, 4) is 33.4 Å². The second kappa shape index (κ2) is 10.1. The number of nitrogens with one attached hydrogen (secondary N) is 1. The topological polar surface area (TPSA) is 49.9 Å². The lowest BCUT2D eigenvalue weighted by atomic mass is 9.91. The van der Waals surface area contributed by atoms with Gasteiger partial charge in [-0.2, -0.15) is 0 Å². The van der Waals surface area contributed by atoms with Gasteiger partial charge in [-0.15, -0.1) is 0 Å². The molecule has 47 heavy (non-hydrogen) atoms. The number of amidine groups is 2. The zero-order valence-corrected chi connectivity index (χ0v) is 25.3. The van der Waals surface area contributed by atoms with Crippen molar-refractivity contribution in [2.75, 3.05) is 0 Å². The number of aliphatic imine (C=N–C) groups is 2. The summed E-state index contributed by atoms with van der Waals surface area (Å²) in [6, 6.07) is 53.1. The fourth-order valence-electron chi connectivity index (χ4n) is 7.44. The van der Waals surface area contributed by atoms with E-state index in [4.69, 9.17) is 14.4 Å². The summed E-state index contributed by atoms with van der Waals surface area (Å²) in [7, 11) is 0. The minimum atomic E-state index is -0.287. The van der Waals surface area contributed by atoms with Crippen molar-refractivity contribution >= 4 is 44.4 Å². The van der Waals surface area contributed by atoms with E-state index in [-0.39, 0.29) is 6.17 Å². The van der Waals surface area contributed by atoms with Gasteiger partial charge in [-0.1, -0.05) is 140 Å². The van der Waals surface area contributed by atoms with Gasteiger partial charge in [0.15, 0.2) is 5.84 Å². The second-order valence-electron chi connectivity index (χ2n) is 12.1. The minimum absolute atomic E-state index is 0.287. The zero-order valence-electron chi connectivity index (χ0n) is 25.3. The van der Waals surface area contributed by atoms with Gasteiger partial charge in [0.1, 0.15) is 23.2 Å². The maximum Gasteiger partial charge on any atom is 0.159 e. The van der Waals surface area contributed by atoms with E-state index in [0.717, 1.165) is 50.0 Å². The maximum absolute atomic E-state index is 6.58. The van der Waals surface area contributed by atoms with Crippen molar-refractivity contribution in [2.24, 2.45) is 9.98 Å². The standard InChI is InChI=1S/C43H27N3O/c1-3-12-26(13-4-1)41-44-42(27-14-5-2-6-15-27)46-43(45-41)35-21-11-23-37-40(35)39-33(20-10-22-36(39)47-37)30-24-25-34-29-17-8-7-16-28(29)31-18-9-19-32(30)38(31)34/h1-25,41H,(H,44,45,46). The zero-order chi connectivity index (χ0) is 30.9. The largest absolute Gasteiger partial charge is 0.456 e. The summed E-state index contributed by atoms with van der Waals surface area (Å²) in [6.07, 6.45) is -0.287. The van der Waals surface area contributed by atoms with Crippen LogP contribution in [-0.4, -0.2) is 11.7 Å². The summed E-state index contributed by atoms with van der Waals surface area (Å²) in [4.78, 5) is 10.2. The van der Waals surface area contributed by atoms with Crippen molar-refractivity contribution in [3.63, 3.8) is 0 Å². The van der Waals surface area contributed by atoms with Gasteiger partial charge in [-0.05, 0) is 61.8 Å². The molecule has 4 nitrogen and oxygen atoms in total. The molecule has 7 aromatic carbocycles. The molecule has 1 aliphatic heterocycles. The third kappa shape index (κ3) is 3.95. The first kappa shape index (κ1) is 26.0. The Bertz CT molecular complexity index is 2570. The molecule has 1 N–H and O–H groups in total. The van der Waals surface area contributed by atoms with Crippen LogP contribution >= 0.6 is 0 Å². The Labute approximate surface area is 271 Å². The van der Waals surface area contributed by atoms with E-state index in [1.165, 1.54) is 38.6 Å². The summed E-state index contributed by atoms with van der Waals surface area (Å²) in [5, 5.41) is 8.35. The Morgan fingerprint density at radius 1 is 0.447 bits per heavy atom. The van der Waals surface area contributed by atoms with E-state index in [1.54, 1.807) is 0 Å². The number of hydrogen-bond acceptors (Lipinski definition) is 4. The smallest absolute Gasteiger partial charge is 0.159 e. The molecule has 4 heteroatoms. The first-order chi connectivity index (χ1) is 23.3. The van der Waals surface area contributed by atoms with Gasteiger partial charge in [0.05, 0.1) is 0 Å². The SMILES string of the molecule is c1ccc(C2=NC(c3ccccc3)NC(c3cccc4oc5cccc(-c6ccc7c8c(cccc68)-c6ccccc6-7)c5c34)=N2)cc1. The first-order valence-electron chi connectivity index (χ1n) is 16.0. The van der Waals surface area contributed by atoms with Crippen LogP contribution in [0, 0.1) is 0 Å². The second-order valence-corrected chi connectivity index (χ2v) is 12.1. The van der Waals surface area contributed by atoms with Gasteiger partial charge in [0.25, 0.3) is 0 Å². The lowest BCUT2D eigenvalue weighted by Gasteiger charge is -2.24. The monoisotopic (exact) mass is 601 g/mol. The average molecular weight is 602 g/mol. The lowest BCUT2D eigenvalue weighted by molar-refractivity contribution is 0.668. The Balaban J connectivity index is 1.21. The van der Waals surface area contributed by atoms with E-state index in [0.29, 0.717) is 5.84 Å². The maximum atomic E-state index is 6.58. The number of hydrogen-bond donors (Lipinski definition) is 1.